The highest BCUT2D eigenvalue weighted by molar-refractivity contribution is 7.99. The van der Waals surface area contributed by atoms with Gasteiger partial charge < -0.3 is 24.3 Å². The van der Waals surface area contributed by atoms with Crippen LogP contribution < -0.4 is 14.8 Å². The van der Waals surface area contributed by atoms with Gasteiger partial charge in [-0.2, -0.15) is 0 Å². The lowest BCUT2D eigenvalue weighted by Crippen LogP contribution is -2.45. The number of fused-ring (bicyclic) bond motifs is 1. The lowest BCUT2D eigenvalue weighted by atomic mass is 10.1. The lowest BCUT2D eigenvalue weighted by molar-refractivity contribution is -0.119. The first kappa shape index (κ1) is 21.1. The van der Waals surface area contributed by atoms with Crippen molar-refractivity contribution in [2.75, 3.05) is 38.6 Å². The van der Waals surface area contributed by atoms with E-state index in [4.69, 9.17) is 9.47 Å². The average molecular weight is 431 g/mol. The molecule has 0 spiro atoms. The number of aromatic nitrogens is 2. The number of ether oxygens (including phenoxy) is 2. The Morgan fingerprint density at radius 1 is 1.17 bits per heavy atom. The van der Waals surface area contributed by atoms with Gasteiger partial charge in [0.1, 0.15) is 13.2 Å². The van der Waals surface area contributed by atoms with Crippen molar-refractivity contribution < 1.29 is 14.3 Å². The molecule has 0 unspecified atom stereocenters. The number of carbonyl (C=O) groups excluding carboxylic acids is 1. The number of likely N-dealkylation sites (tertiary alicyclic amines) is 1. The molecule has 2 aliphatic heterocycles. The molecule has 8 heteroatoms. The molecule has 3 heterocycles. The van der Waals surface area contributed by atoms with Crippen molar-refractivity contribution in [1.29, 1.82) is 0 Å². The summed E-state index contributed by atoms with van der Waals surface area (Å²) in [5.41, 5.74) is 2.05. The highest BCUT2D eigenvalue weighted by Gasteiger charge is 2.21. The van der Waals surface area contributed by atoms with Crippen LogP contribution in [0.25, 0.3) is 11.3 Å². The predicted molar refractivity (Wildman–Crippen MR) is 118 cm³/mol. The zero-order valence-corrected chi connectivity index (χ0v) is 18.5. The van der Waals surface area contributed by atoms with Crippen LogP contribution >= 0.6 is 11.8 Å². The highest BCUT2D eigenvalue weighted by Crippen LogP contribution is 2.35. The molecule has 7 nitrogen and oxygen atoms in total. The summed E-state index contributed by atoms with van der Waals surface area (Å²) in [6.07, 6.45) is 3.93. The minimum absolute atomic E-state index is 0.0847. The van der Waals surface area contributed by atoms with Crippen molar-refractivity contribution >= 4 is 17.7 Å². The van der Waals surface area contributed by atoms with E-state index in [0.29, 0.717) is 25.0 Å². The fourth-order valence-corrected chi connectivity index (χ4v) is 4.86. The standard InChI is InChI=1S/C22H30N4O3S/c1-3-25-9-7-17(8-10-25)24-21(27)15-30-22-23-14-18(26(22)4-2)16-5-6-19-20(13-16)29-12-11-28-19/h5-6,13-14,17H,3-4,7-12,15H2,1-2H3,(H,24,27). The summed E-state index contributed by atoms with van der Waals surface area (Å²) < 4.78 is 13.5. The first-order chi connectivity index (χ1) is 14.7. The maximum absolute atomic E-state index is 12.5. The molecule has 1 fully saturated rings. The van der Waals surface area contributed by atoms with E-state index < -0.39 is 0 Å². The topological polar surface area (TPSA) is 68.6 Å². The summed E-state index contributed by atoms with van der Waals surface area (Å²) in [7, 11) is 0. The fourth-order valence-electron chi connectivity index (χ4n) is 4.01. The first-order valence-electron chi connectivity index (χ1n) is 10.8. The Kier molecular flexibility index (Phi) is 6.84. The molecular weight excluding hydrogens is 400 g/mol. The van der Waals surface area contributed by atoms with Crippen LogP contribution in [0.15, 0.2) is 29.6 Å². The van der Waals surface area contributed by atoms with Gasteiger partial charge in [0.05, 0.1) is 17.6 Å². The number of piperidine rings is 1. The van der Waals surface area contributed by atoms with E-state index in [-0.39, 0.29) is 5.91 Å². The zero-order chi connectivity index (χ0) is 20.9. The molecular formula is C22H30N4O3S. The molecule has 1 amide bonds. The SMILES string of the molecule is CCN1CCC(NC(=O)CSc2ncc(-c3ccc4c(c3)OCCO4)n2CC)CC1. The molecule has 30 heavy (non-hydrogen) atoms. The predicted octanol–water partition coefficient (Wildman–Crippen LogP) is 3.03. The maximum atomic E-state index is 12.5. The normalized spacial score (nSPS) is 17.1. The van der Waals surface area contributed by atoms with Gasteiger partial charge in [0.15, 0.2) is 16.7 Å². The van der Waals surface area contributed by atoms with Crippen LogP contribution in [0.1, 0.15) is 26.7 Å². The van der Waals surface area contributed by atoms with Crippen molar-refractivity contribution in [2.45, 2.75) is 44.4 Å². The van der Waals surface area contributed by atoms with Crippen molar-refractivity contribution in [2.24, 2.45) is 0 Å². The van der Waals surface area contributed by atoms with E-state index in [1.165, 1.54) is 11.8 Å². The van der Waals surface area contributed by atoms with E-state index in [2.05, 4.69) is 33.6 Å². The maximum Gasteiger partial charge on any atom is 0.230 e. The highest BCUT2D eigenvalue weighted by atomic mass is 32.2. The van der Waals surface area contributed by atoms with Crippen LogP contribution in [0.3, 0.4) is 0 Å². The molecule has 1 aromatic heterocycles. The third kappa shape index (κ3) is 4.75. The van der Waals surface area contributed by atoms with Gasteiger partial charge in [0.2, 0.25) is 5.91 Å². The Hall–Kier alpha value is -2.19. The Bertz CT molecular complexity index is 877. The van der Waals surface area contributed by atoms with E-state index in [0.717, 1.165) is 66.9 Å². The number of nitrogens with zero attached hydrogens (tertiary/aromatic N) is 3. The second kappa shape index (κ2) is 9.75. The second-order valence-electron chi connectivity index (χ2n) is 7.59. The molecule has 0 aliphatic carbocycles. The summed E-state index contributed by atoms with van der Waals surface area (Å²) >= 11 is 1.49. The van der Waals surface area contributed by atoms with Gasteiger partial charge in [-0.05, 0) is 44.5 Å². The average Bonchev–Trinajstić information content (AvgIpc) is 3.21. The van der Waals surface area contributed by atoms with Crippen LogP contribution in [0.4, 0.5) is 0 Å². The molecule has 2 aromatic rings. The van der Waals surface area contributed by atoms with Gasteiger partial charge in [0.25, 0.3) is 0 Å². The number of nitrogens with one attached hydrogen (secondary N) is 1. The number of amides is 1. The van der Waals surface area contributed by atoms with Gasteiger partial charge >= 0.3 is 0 Å². The van der Waals surface area contributed by atoms with Crippen LogP contribution in [-0.2, 0) is 11.3 Å². The number of rotatable bonds is 7. The number of hydrogen-bond acceptors (Lipinski definition) is 6. The minimum Gasteiger partial charge on any atom is -0.486 e. The summed E-state index contributed by atoms with van der Waals surface area (Å²) in [4.78, 5) is 19.5. The monoisotopic (exact) mass is 430 g/mol. The Morgan fingerprint density at radius 3 is 2.67 bits per heavy atom. The van der Waals surface area contributed by atoms with Gasteiger partial charge in [-0.15, -0.1) is 0 Å². The zero-order valence-electron chi connectivity index (χ0n) is 17.7. The molecule has 0 atom stereocenters. The lowest BCUT2D eigenvalue weighted by Gasteiger charge is -2.31. The van der Waals surface area contributed by atoms with E-state index in [9.17, 15) is 4.79 Å². The Balaban J connectivity index is 1.37. The third-order valence-corrected chi connectivity index (χ3v) is 6.70. The largest absolute Gasteiger partial charge is 0.486 e. The second-order valence-corrected chi connectivity index (χ2v) is 8.54. The van der Waals surface area contributed by atoms with Crippen molar-refractivity contribution in [3.05, 3.63) is 24.4 Å². The van der Waals surface area contributed by atoms with Gasteiger partial charge in [-0.3, -0.25) is 4.79 Å². The molecule has 1 aromatic carbocycles. The summed E-state index contributed by atoms with van der Waals surface area (Å²) in [6.45, 7) is 9.42. The quantitative estimate of drug-likeness (QED) is 0.681. The number of thioether (sulfide) groups is 1. The fraction of sp³-hybridized carbons (Fsp3) is 0.545. The van der Waals surface area contributed by atoms with Gasteiger partial charge in [-0.1, -0.05) is 18.7 Å². The van der Waals surface area contributed by atoms with Crippen LogP contribution in [0.2, 0.25) is 0 Å². The Labute approximate surface area is 182 Å². The molecule has 0 radical (unpaired) electrons. The van der Waals surface area contributed by atoms with Crippen molar-refractivity contribution in [3.8, 4) is 22.8 Å². The van der Waals surface area contributed by atoms with Crippen LogP contribution in [0.5, 0.6) is 11.5 Å². The van der Waals surface area contributed by atoms with E-state index in [1.54, 1.807) is 0 Å². The molecule has 1 saturated heterocycles. The Morgan fingerprint density at radius 2 is 1.93 bits per heavy atom. The first-order valence-corrected chi connectivity index (χ1v) is 11.8. The van der Waals surface area contributed by atoms with E-state index in [1.807, 2.05) is 24.4 Å². The minimum atomic E-state index is 0.0847. The van der Waals surface area contributed by atoms with Crippen molar-refractivity contribution in [1.82, 2.24) is 19.8 Å². The van der Waals surface area contributed by atoms with Gasteiger partial charge in [-0.25, -0.2) is 4.98 Å². The summed E-state index contributed by atoms with van der Waals surface area (Å²) in [5.74, 6) is 2.02. The number of carbonyl (C=O) groups is 1. The van der Waals surface area contributed by atoms with Gasteiger partial charge in [0, 0.05) is 31.2 Å². The third-order valence-electron chi connectivity index (χ3n) is 5.71. The van der Waals surface area contributed by atoms with Crippen LogP contribution in [-0.4, -0.2) is 65.0 Å². The number of hydrogen-bond donors (Lipinski definition) is 1. The van der Waals surface area contributed by atoms with E-state index >= 15 is 0 Å². The molecule has 0 bridgehead atoms. The molecule has 2 aliphatic rings. The number of benzene rings is 1. The number of imidazole rings is 1. The van der Waals surface area contributed by atoms with Crippen LogP contribution in [0, 0.1) is 0 Å². The smallest absolute Gasteiger partial charge is 0.230 e. The summed E-state index contributed by atoms with van der Waals surface area (Å²) in [6, 6.07) is 6.27. The molecule has 4 rings (SSSR count). The molecule has 162 valence electrons. The molecule has 0 saturated carbocycles. The molecule has 1 N–H and O–H groups in total. The van der Waals surface area contributed by atoms with Crippen molar-refractivity contribution in [3.63, 3.8) is 0 Å². The summed E-state index contributed by atoms with van der Waals surface area (Å²) in [5, 5.41) is 4.05.